The summed E-state index contributed by atoms with van der Waals surface area (Å²) in [6.07, 6.45) is 1.36. The average molecular weight is 337 g/mol. The van der Waals surface area contributed by atoms with Crippen LogP contribution in [0.2, 0.25) is 0 Å². The number of thioether (sulfide) groups is 1. The molecule has 23 heavy (non-hydrogen) atoms. The zero-order valence-electron chi connectivity index (χ0n) is 12.8. The number of ether oxygens (including phenoxy) is 3. The molecule has 1 fully saturated rings. The Bertz CT molecular complexity index is 687. The van der Waals surface area contributed by atoms with Crippen LogP contribution in [0.3, 0.4) is 0 Å². The van der Waals surface area contributed by atoms with Gasteiger partial charge in [-0.1, -0.05) is 11.8 Å². The second-order valence-corrected chi connectivity index (χ2v) is 5.23. The fourth-order valence-electron chi connectivity index (χ4n) is 1.82. The molecular formula is C14H15N3O5S. The van der Waals surface area contributed by atoms with Crippen LogP contribution in [0, 0.1) is 0 Å². The summed E-state index contributed by atoms with van der Waals surface area (Å²) in [5, 5.41) is 10.7. The zero-order chi connectivity index (χ0) is 16.8. The lowest BCUT2D eigenvalue weighted by Crippen LogP contribution is -2.19. The molecule has 1 saturated heterocycles. The van der Waals surface area contributed by atoms with Crippen LogP contribution in [0.1, 0.15) is 15.9 Å². The first-order chi connectivity index (χ1) is 11.1. The highest BCUT2D eigenvalue weighted by Crippen LogP contribution is 2.28. The maximum absolute atomic E-state index is 11.9. The molecular weight excluding hydrogens is 322 g/mol. The van der Waals surface area contributed by atoms with Crippen molar-refractivity contribution in [2.75, 3.05) is 27.1 Å². The molecule has 8 nitrogen and oxygen atoms in total. The van der Waals surface area contributed by atoms with E-state index >= 15 is 0 Å². The van der Waals surface area contributed by atoms with Gasteiger partial charge in [0, 0.05) is 6.07 Å². The molecule has 0 bridgehead atoms. The number of carbonyl (C=O) groups excluding carboxylic acids is 2. The molecule has 122 valence electrons. The van der Waals surface area contributed by atoms with Crippen molar-refractivity contribution in [3.05, 3.63) is 23.3 Å². The first-order valence-electron chi connectivity index (χ1n) is 6.47. The second-order valence-electron chi connectivity index (χ2n) is 4.27. The number of hydrogen-bond donors (Lipinski definition) is 1. The molecule has 0 spiro atoms. The highest BCUT2D eigenvalue weighted by molar-refractivity contribution is 8.15. The highest BCUT2D eigenvalue weighted by atomic mass is 32.2. The van der Waals surface area contributed by atoms with Crippen LogP contribution in [0.25, 0.3) is 0 Å². The Morgan fingerprint density at radius 3 is 2.65 bits per heavy atom. The minimum atomic E-state index is -0.556. The fraction of sp³-hybridized carbons (Fsp3) is 0.286. The summed E-state index contributed by atoms with van der Waals surface area (Å²) in [6.45, 7) is 0. The molecule has 0 aliphatic carbocycles. The van der Waals surface area contributed by atoms with E-state index in [0.717, 1.165) is 0 Å². The number of nitrogens with zero attached hydrogens (tertiary/aromatic N) is 2. The van der Waals surface area contributed by atoms with Crippen molar-refractivity contribution < 1.29 is 23.8 Å². The predicted molar refractivity (Wildman–Crippen MR) is 86.5 cm³/mol. The van der Waals surface area contributed by atoms with E-state index < -0.39 is 5.97 Å². The van der Waals surface area contributed by atoms with Gasteiger partial charge in [-0.2, -0.15) is 5.10 Å². The standard InChI is InChI=1S/C14H15N3O5S/c1-20-8-4-9(13(19)22-3)10(11(5-8)21-2)6-15-17-14-16-12(18)7-23-14/h4-6H,7H2,1-3H3,(H,16,17,18). The highest BCUT2D eigenvalue weighted by Gasteiger charge is 2.18. The molecule has 9 heteroatoms. The lowest BCUT2D eigenvalue weighted by molar-refractivity contribution is -0.116. The second kappa shape index (κ2) is 7.63. The van der Waals surface area contributed by atoms with E-state index in [1.807, 2.05) is 0 Å². The quantitative estimate of drug-likeness (QED) is 0.490. The number of benzene rings is 1. The minimum absolute atomic E-state index is 0.124. The molecule has 0 aromatic heterocycles. The SMILES string of the molecule is COC(=O)c1cc(OC)cc(OC)c1C=NN=C1NC(=O)CS1. The minimum Gasteiger partial charge on any atom is -0.497 e. The number of methoxy groups -OCH3 is 3. The van der Waals surface area contributed by atoms with Crippen molar-refractivity contribution in [1.29, 1.82) is 0 Å². The molecule has 1 aromatic rings. The number of esters is 1. The van der Waals surface area contributed by atoms with Gasteiger partial charge in [-0.25, -0.2) is 4.79 Å². The van der Waals surface area contributed by atoms with Crippen LogP contribution in [0.5, 0.6) is 11.5 Å². The maximum Gasteiger partial charge on any atom is 0.338 e. The Morgan fingerprint density at radius 1 is 1.30 bits per heavy atom. The summed E-state index contributed by atoms with van der Waals surface area (Å²) in [4.78, 5) is 23.0. The van der Waals surface area contributed by atoms with Gasteiger partial charge in [0.15, 0.2) is 5.17 Å². The Hall–Kier alpha value is -2.55. The molecule has 0 atom stereocenters. The fourth-order valence-corrected chi connectivity index (χ4v) is 2.45. The molecule has 1 amide bonds. The van der Waals surface area contributed by atoms with E-state index in [1.54, 1.807) is 6.07 Å². The van der Waals surface area contributed by atoms with Gasteiger partial charge in [0.25, 0.3) is 0 Å². The van der Waals surface area contributed by atoms with Crippen LogP contribution in [-0.4, -0.2) is 50.3 Å². The summed E-state index contributed by atoms with van der Waals surface area (Å²) in [5.74, 6) is 0.468. The molecule has 1 aromatic carbocycles. The van der Waals surface area contributed by atoms with Crippen molar-refractivity contribution in [3.63, 3.8) is 0 Å². The van der Waals surface area contributed by atoms with Crippen molar-refractivity contribution >= 4 is 35.0 Å². The molecule has 0 radical (unpaired) electrons. The number of carbonyl (C=O) groups is 2. The van der Waals surface area contributed by atoms with Crippen LogP contribution < -0.4 is 14.8 Å². The Morgan fingerprint density at radius 2 is 2.09 bits per heavy atom. The summed E-state index contributed by atoms with van der Waals surface area (Å²) >= 11 is 1.25. The van der Waals surface area contributed by atoms with Gasteiger partial charge in [-0.3, -0.25) is 4.79 Å². The van der Waals surface area contributed by atoms with Gasteiger partial charge in [0.2, 0.25) is 5.91 Å². The van der Waals surface area contributed by atoms with Crippen molar-refractivity contribution in [3.8, 4) is 11.5 Å². The summed E-state index contributed by atoms with van der Waals surface area (Å²) < 4.78 is 15.2. The van der Waals surface area contributed by atoms with Crippen LogP contribution in [0.15, 0.2) is 22.3 Å². The van der Waals surface area contributed by atoms with Gasteiger partial charge in [-0.15, -0.1) is 5.10 Å². The number of nitrogens with one attached hydrogen (secondary N) is 1. The lowest BCUT2D eigenvalue weighted by Gasteiger charge is -2.11. The first-order valence-corrected chi connectivity index (χ1v) is 7.45. The molecule has 1 heterocycles. The predicted octanol–water partition coefficient (Wildman–Crippen LogP) is 1.04. The van der Waals surface area contributed by atoms with Gasteiger partial charge in [-0.05, 0) is 6.07 Å². The number of rotatable bonds is 5. The van der Waals surface area contributed by atoms with E-state index in [1.165, 1.54) is 45.4 Å². The molecule has 1 N–H and O–H groups in total. The number of amidine groups is 1. The lowest BCUT2D eigenvalue weighted by atomic mass is 10.1. The van der Waals surface area contributed by atoms with Gasteiger partial charge < -0.3 is 19.5 Å². The number of amides is 1. The molecule has 2 rings (SSSR count). The molecule has 0 saturated carbocycles. The summed E-state index contributed by atoms with van der Waals surface area (Å²) in [5.41, 5.74) is 0.634. The third-order valence-corrected chi connectivity index (χ3v) is 3.76. The topological polar surface area (TPSA) is 98.6 Å². The van der Waals surface area contributed by atoms with Gasteiger partial charge >= 0.3 is 5.97 Å². The maximum atomic E-state index is 11.9. The zero-order valence-corrected chi connectivity index (χ0v) is 13.6. The summed E-state index contributed by atoms with van der Waals surface area (Å²) in [6, 6.07) is 3.14. The van der Waals surface area contributed by atoms with E-state index in [9.17, 15) is 9.59 Å². The van der Waals surface area contributed by atoms with E-state index in [2.05, 4.69) is 15.5 Å². The Kier molecular flexibility index (Phi) is 5.58. The normalized spacial score (nSPS) is 15.8. The Labute approximate surface area is 136 Å². The van der Waals surface area contributed by atoms with Crippen molar-refractivity contribution in [1.82, 2.24) is 5.32 Å². The largest absolute Gasteiger partial charge is 0.497 e. The van der Waals surface area contributed by atoms with Gasteiger partial charge in [0.1, 0.15) is 11.5 Å². The monoisotopic (exact) mass is 337 g/mol. The van der Waals surface area contributed by atoms with E-state index in [0.29, 0.717) is 28.0 Å². The van der Waals surface area contributed by atoms with E-state index in [-0.39, 0.29) is 11.5 Å². The van der Waals surface area contributed by atoms with Crippen LogP contribution in [0.4, 0.5) is 0 Å². The third-order valence-electron chi connectivity index (χ3n) is 2.90. The molecule has 1 aliphatic heterocycles. The molecule has 1 aliphatic rings. The molecule has 0 unspecified atom stereocenters. The average Bonchev–Trinajstić information content (AvgIpc) is 2.99. The third kappa shape index (κ3) is 4.01. The van der Waals surface area contributed by atoms with Crippen molar-refractivity contribution in [2.45, 2.75) is 0 Å². The smallest absolute Gasteiger partial charge is 0.338 e. The van der Waals surface area contributed by atoms with Crippen LogP contribution in [-0.2, 0) is 9.53 Å². The Balaban J connectivity index is 2.38. The van der Waals surface area contributed by atoms with Crippen LogP contribution >= 0.6 is 11.8 Å². The summed E-state index contributed by atoms with van der Waals surface area (Å²) in [7, 11) is 4.22. The first kappa shape index (κ1) is 16.8. The van der Waals surface area contributed by atoms with E-state index in [4.69, 9.17) is 14.2 Å². The number of hydrogen-bond acceptors (Lipinski definition) is 8. The van der Waals surface area contributed by atoms with Gasteiger partial charge in [0.05, 0.1) is 44.4 Å². The van der Waals surface area contributed by atoms with Crippen molar-refractivity contribution in [2.24, 2.45) is 10.2 Å².